The second kappa shape index (κ2) is 5.14. The minimum atomic E-state index is -1.52. The minimum absolute atomic E-state index is 0.665. The third kappa shape index (κ3) is 1.98. The van der Waals surface area contributed by atoms with Crippen molar-refractivity contribution in [3.05, 3.63) is 66.0 Å². The Morgan fingerprint density at radius 2 is 1.60 bits per heavy atom. The van der Waals surface area contributed by atoms with Gasteiger partial charge in [-0.25, -0.2) is 4.21 Å². The number of rotatable bonds is 0. The summed E-state index contributed by atoms with van der Waals surface area (Å²) < 4.78 is 18.4. The molecule has 0 radical (unpaired) electrons. The summed E-state index contributed by atoms with van der Waals surface area (Å²) in [6, 6.07) is 14.1. The summed E-state index contributed by atoms with van der Waals surface area (Å²) in [6.07, 6.45) is 3.72. The number of pyridine rings is 1. The Bertz CT molecular complexity index is 1210. The van der Waals surface area contributed by atoms with Crippen molar-refractivity contribution >= 4 is 32.6 Å². The molecule has 0 amide bonds. The SMILES string of the molecule is Cc1cccc2c3c(ccc12)OS(=O)c1ccc2c(C)cncc2c1-3. The second-order valence-electron chi connectivity index (χ2n) is 6.42. The van der Waals surface area contributed by atoms with Crippen molar-refractivity contribution in [1.29, 1.82) is 0 Å². The Balaban J connectivity index is 2.03. The molecular formula is C21H15NO2S. The average Bonchev–Trinajstić information content (AvgIpc) is 2.61. The van der Waals surface area contributed by atoms with Gasteiger partial charge in [-0.05, 0) is 53.3 Å². The van der Waals surface area contributed by atoms with Crippen molar-refractivity contribution in [2.45, 2.75) is 18.7 Å². The van der Waals surface area contributed by atoms with Gasteiger partial charge >= 0.3 is 0 Å². The van der Waals surface area contributed by atoms with E-state index in [2.05, 4.69) is 30.1 Å². The van der Waals surface area contributed by atoms with Crippen LogP contribution in [0.1, 0.15) is 11.1 Å². The number of benzene rings is 3. The van der Waals surface area contributed by atoms with Crippen molar-refractivity contribution in [2.24, 2.45) is 0 Å². The van der Waals surface area contributed by atoms with E-state index in [0.717, 1.165) is 32.8 Å². The van der Waals surface area contributed by atoms with E-state index in [1.165, 1.54) is 10.9 Å². The predicted molar refractivity (Wildman–Crippen MR) is 101 cm³/mol. The highest BCUT2D eigenvalue weighted by atomic mass is 32.2. The summed E-state index contributed by atoms with van der Waals surface area (Å²) in [5, 5.41) is 4.44. The molecule has 0 N–H and O–H groups in total. The number of fused-ring (bicyclic) bond motifs is 7. The van der Waals surface area contributed by atoms with Crippen molar-refractivity contribution in [3.63, 3.8) is 0 Å². The third-order valence-electron chi connectivity index (χ3n) is 4.94. The van der Waals surface area contributed by atoms with Crippen LogP contribution in [-0.4, -0.2) is 9.19 Å². The number of aromatic nitrogens is 1. The van der Waals surface area contributed by atoms with E-state index in [1.807, 2.05) is 43.6 Å². The van der Waals surface area contributed by atoms with E-state index in [1.54, 1.807) is 0 Å². The lowest BCUT2D eigenvalue weighted by Crippen LogP contribution is -2.10. The van der Waals surface area contributed by atoms with Gasteiger partial charge in [0.1, 0.15) is 5.75 Å². The predicted octanol–water partition coefficient (Wildman–Crippen LogP) is 5.09. The molecule has 2 heterocycles. The molecule has 1 aromatic heterocycles. The van der Waals surface area contributed by atoms with Gasteiger partial charge in [0.15, 0.2) is 0 Å². The first-order valence-corrected chi connectivity index (χ1v) is 9.23. The fourth-order valence-electron chi connectivity index (χ4n) is 3.72. The van der Waals surface area contributed by atoms with Crippen LogP contribution in [0.2, 0.25) is 0 Å². The van der Waals surface area contributed by atoms with Gasteiger partial charge in [-0.15, -0.1) is 0 Å². The van der Waals surface area contributed by atoms with Crippen LogP contribution in [0, 0.1) is 13.8 Å². The summed E-state index contributed by atoms with van der Waals surface area (Å²) in [6.45, 7) is 4.15. The zero-order valence-electron chi connectivity index (χ0n) is 13.9. The van der Waals surface area contributed by atoms with Gasteiger partial charge in [0.2, 0.25) is 11.1 Å². The number of hydrogen-bond acceptors (Lipinski definition) is 3. The zero-order valence-corrected chi connectivity index (χ0v) is 14.7. The molecule has 0 spiro atoms. The molecule has 1 aliphatic rings. The zero-order chi connectivity index (χ0) is 17.1. The van der Waals surface area contributed by atoms with Crippen LogP contribution < -0.4 is 4.18 Å². The largest absolute Gasteiger partial charge is 0.396 e. The monoisotopic (exact) mass is 345 g/mol. The van der Waals surface area contributed by atoms with E-state index < -0.39 is 11.1 Å². The normalized spacial score (nSPS) is 15.7. The van der Waals surface area contributed by atoms with Crippen molar-refractivity contribution in [1.82, 2.24) is 4.98 Å². The molecule has 0 saturated carbocycles. The Morgan fingerprint density at radius 1 is 0.800 bits per heavy atom. The van der Waals surface area contributed by atoms with Gasteiger partial charge in [0, 0.05) is 28.9 Å². The van der Waals surface area contributed by atoms with Crippen LogP contribution >= 0.6 is 0 Å². The topological polar surface area (TPSA) is 39.2 Å². The van der Waals surface area contributed by atoms with Gasteiger partial charge < -0.3 is 4.18 Å². The van der Waals surface area contributed by atoms with Crippen molar-refractivity contribution in [3.8, 4) is 16.9 Å². The van der Waals surface area contributed by atoms with E-state index in [0.29, 0.717) is 10.6 Å². The van der Waals surface area contributed by atoms with E-state index in [9.17, 15) is 4.21 Å². The van der Waals surface area contributed by atoms with Crippen molar-refractivity contribution < 1.29 is 8.39 Å². The molecule has 0 aliphatic carbocycles. The summed E-state index contributed by atoms with van der Waals surface area (Å²) in [4.78, 5) is 5.09. The molecule has 1 atom stereocenters. The standard InChI is InChI=1S/C21H15NO2S/c1-12-4-3-5-16-14(12)6-8-18-20(16)21-17-11-22-10-13(2)15(17)7-9-19(21)25(23)24-18/h3-11H,1-2H3. The third-order valence-corrected chi connectivity index (χ3v) is 5.97. The Labute approximate surface area is 147 Å². The molecule has 122 valence electrons. The summed E-state index contributed by atoms with van der Waals surface area (Å²) >= 11 is -1.52. The highest BCUT2D eigenvalue weighted by Crippen LogP contribution is 2.47. The van der Waals surface area contributed by atoms with E-state index >= 15 is 0 Å². The van der Waals surface area contributed by atoms with Crippen LogP contribution in [0.4, 0.5) is 0 Å². The lowest BCUT2D eigenvalue weighted by molar-refractivity contribution is 0.560. The second-order valence-corrected chi connectivity index (χ2v) is 7.49. The van der Waals surface area contributed by atoms with Gasteiger partial charge in [-0.1, -0.05) is 30.3 Å². The summed E-state index contributed by atoms with van der Waals surface area (Å²) in [7, 11) is 0. The highest BCUT2D eigenvalue weighted by Gasteiger charge is 2.27. The summed E-state index contributed by atoms with van der Waals surface area (Å²) in [5.41, 5.74) is 4.30. The molecule has 3 aromatic carbocycles. The molecule has 1 unspecified atom stereocenters. The first-order chi connectivity index (χ1) is 12.1. The van der Waals surface area contributed by atoms with E-state index in [4.69, 9.17) is 4.18 Å². The number of hydrogen-bond donors (Lipinski definition) is 0. The quantitative estimate of drug-likeness (QED) is 0.446. The Hall–Kier alpha value is -2.72. The maximum atomic E-state index is 12.6. The fourth-order valence-corrected chi connectivity index (χ4v) is 4.67. The van der Waals surface area contributed by atoms with Gasteiger partial charge in [0.25, 0.3) is 0 Å². The molecule has 4 aromatic rings. The van der Waals surface area contributed by atoms with Crippen LogP contribution in [-0.2, 0) is 11.1 Å². The summed E-state index contributed by atoms with van der Waals surface area (Å²) in [5.74, 6) is 0.665. The van der Waals surface area contributed by atoms with Crippen LogP contribution in [0.15, 0.2) is 59.8 Å². The first kappa shape index (κ1) is 14.6. The molecular weight excluding hydrogens is 330 g/mol. The number of aryl methyl sites for hydroxylation is 2. The Kier molecular flexibility index (Phi) is 3.00. The lowest BCUT2D eigenvalue weighted by atomic mass is 9.91. The molecule has 0 fully saturated rings. The lowest BCUT2D eigenvalue weighted by Gasteiger charge is -2.23. The maximum Gasteiger partial charge on any atom is 0.241 e. The highest BCUT2D eigenvalue weighted by molar-refractivity contribution is 7.80. The van der Waals surface area contributed by atoms with Gasteiger partial charge in [-0.3, -0.25) is 4.98 Å². The van der Waals surface area contributed by atoms with Crippen molar-refractivity contribution in [2.75, 3.05) is 0 Å². The smallest absolute Gasteiger partial charge is 0.241 e. The van der Waals surface area contributed by atoms with E-state index in [-0.39, 0.29) is 0 Å². The molecule has 5 rings (SSSR count). The molecule has 3 nitrogen and oxygen atoms in total. The first-order valence-electron chi connectivity index (χ1n) is 8.15. The molecule has 0 bridgehead atoms. The fraction of sp³-hybridized carbons (Fsp3) is 0.0952. The molecule has 0 saturated heterocycles. The van der Waals surface area contributed by atoms with Gasteiger partial charge in [-0.2, -0.15) is 0 Å². The molecule has 25 heavy (non-hydrogen) atoms. The van der Waals surface area contributed by atoms with Crippen LogP contribution in [0.25, 0.3) is 32.7 Å². The Morgan fingerprint density at radius 3 is 2.48 bits per heavy atom. The average molecular weight is 345 g/mol. The van der Waals surface area contributed by atoms with Crippen LogP contribution in [0.5, 0.6) is 5.75 Å². The van der Waals surface area contributed by atoms with Gasteiger partial charge in [0.05, 0.1) is 4.90 Å². The minimum Gasteiger partial charge on any atom is -0.396 e. The molecule has 1 aliphatic heterocycles. The maximum absolute atomic E-state index is 12.6. The number of nitrogens with zero attached hydrogens (tertiary/aromatic N) is 1. The van der Waals surface area contributed by atoms with Crippen LogP contribution in [0.3, 0.4) is 0 Å². The molecule has 4 heteroatoms.